The van der Waals surface area contributed by atoms with Gasteiger partial charge in [0.1, 0.15) is 5.82 Å². The van der Waals surface area contributed by atoms with Crippen molar-refractivity contribution in [2.45, 2.75) is 12.8 Å². The number of likely N-dealkylation sites (tertiary alicyclic amines) is 1. The Hall–Kier alpha value is -2.41. The normalized spacial score (nSPS) is 24.3. The number of aromatic nitrogens is 2. The molecule has 1 amide bonds. The quantitative estimate of drug-likeness (QED) is 0.829. The summed E-state index contributed by atoms with van der Waals surface area (Å²) in [5, 5.41) is 0. The maximum atomic E-state index is 12.7. The molecule has 7 heteroatoms. The van der Waals surface area contributed by atoms with Gasteiger partial charge in [-0.2, -0.15) is 0 Å². The van der Waals surface area contributed by atoms with Gasteiger partial charge in [-0.25, -0.2) is 4.98 Å². The highest BCUT2D eigenvalue weighted by molar-refractivity contribution is 5.91. The van der Waals surface area contributed by atoms with Gasteiger partial charge in [-0.1, -0.05) is 0 Å². The second-order valence-corrected chi connectivity index (χ2v) is 6.85. The van der Waals surface area contributed by atoms with Gasteiger partial charge in [0, 0.05) is 44.0 Å². The first kappa shape index (κ1) is 16.1. The number of furan rings is 1. The van der Waals surface area contributed by atoms with Crippen LogP contribution in [0.4, 0.5) is 5.82 Å². The Balaban J connectivity index is 1.53. The third kappa shape index (κ3) is 3.37. The maximum absolute atomic E-state index is 12.7. The van der Waals surface area contributed by atoms with Crippen LogP contribution in [0.1, 0.15) is 23.4 Å². The summed E-state index contributed by atoms with van der Waals surface area (Å²) in [5.74, 6) is 1.22. The molecule has 1 unspecified atom stereocenters. The van der Waals surface area contributed by atoms with Gasteiger partial charge >= 0.3 is 0 Å². The van der Waals surface area contributed by atoms with Gasteiger partial charge in [-0.05, 0) is 25.0 Å². The Morgan fingerprint density at radius 1 is 1.24 bits per heavy atom. The zero-order valence-corrected chi connectivity index (χ0v) is 14.1. The maximum Gasteiger partial charge on any atom is 0.289 e. The van der Waals surface area contributed by atoms with E-state index >= 15 is 0 Å². The van der Waals surface area contributed by atoms with Gasteiger partial charge < -0.3 is 19.0 Å². The summed E-state index contributed by atoms with van der Waals surface area (Å²) >= 11 is 0. The predicted octanol–water partition coefficient (Wildman–Crippen LogP) is 1.83. The number of carbonyl (C=O) groups excluding carboxylic acids is 1. The number of nitrogens with zero attached hydrogens (tertiary/aromatic N) is 4. The van der Waals surface area contributed by atoms with Crippen molar-refractivity contribution < 1.29 is 13.9 Å². The molecule has 132 valence electrons. The third-order valence-electron chi connectivity index (χ3n) is 4.99. The average Bonchev–Trinajstić information content (AvgIpc) is 3.12. The summed E-state index contributed by atoms with van der Waals surface area (Å²) in [6.07, 6.45) is 8.71. The Labute approximate surface area is 146 Å². The van der Waals surface area contributed by atoms with Crippen LogP contribution in [0, 0.1) is 5.41 Å². The molecular formula is C18H22N4O3. The summed E-state index contributed by atoms with van der Waals surface area (Å²) in [6.45, 7) is 4.34. The molecule has 2 saturated heterocycles. The molecule has 1 atom stereocenters. The number of hydrogen-bond acceptors (Lipinski definition) is 6. The van der Waals surface area contributed by atoms with Gasteiger partial charge in [0.2, 0.25) is 0 Å². The monoisotopic (exact) mass is 342 g/mol. The molecule has 0 aromatic carbocycles. The molecule has 25 heavy (non-hydrogen) atoms. The van der Waals surface area contributed by atoms with Crippen LogP contribution in [-0.2, 0) is 4.74 Å². The summed E-state index contributed by atoms with van der Waals surface area (Å²) in [6, 6.07) is 3.47. The number of hydrogen-bond donors (Lipinski definition) is 0. The van der Waals surface area contributed by atoms with Gasteiger partial charge in [-0.3, -0.25) is 9.78 Å². The standard InChI is InChI=1S/C18H22N4O3/c23-17(15-3-1-9-25-15)22-7-2-4-18(13-22)12-21(8-10-24-14-18)16-11-19-5-6-20-16/h1,3,5-6,9,11H,2,4,7-8,10,12-14H2. The number of anilines is 1. The average molecular weight is 342 g/mol. The molecule has 0 bridgehead atoms. The highest BCUT2D eigenvalue weighted by Crippen LogP contribution is 2.34. The summed E-state index contributed by atoms with van der Waals surface area (Å²) in [5.41, 5.74) is -0.0888. The Morgan fingerprint density at radius 3 is 3.00 bits per heavy atom. The molecule has 2 aromatic heterocycles. The summed E-state index contributed by atoms with van der Waals surface area (Å²) in [4.78, 5) is 25.4. The van der Waals surface area contributed by atoms with Gasteiger partial charge in [0.25, 0.3) is 5.91 Å². The second-order valence-electron chi connectivity index (χ2n) is 6.85. The third-order valence-corrected chi connectivity index (χ3v) is 4.99. The molecule has 7 nitrogen and oxygen atoms in total. The fraction of sp³-hybridized carbons (Fsp3) is 0.500. The lowest BCUT2D eigenvalue weighted by molar-refractivity contribution is 0.0122. The van der Waals surface area contributed by atoms with Gasteiger partial charge in [0.15, 0.2) is 5.76 Å². The molecule has 4 heterocycles. The highest BCUT2D eigenvalue weighted by atomic mass is 16.5. The molecule has 2 aliphatic rings. The van der Waals surface area contributed by atoms with Crippen LogP contribution in [0.5, 0.6) is 0 Å². The largest absolute Gasteiger partial charge is 0.459 e. The molecule has 4 rings (SSSR count). The number of amides is 1. The molecule has 0 saturated carbocycles. The molecule has 2 aliphatic heterocycles. The number of rotatable bonds is 2. The fourth-order valence-corrected chi connectivity index (χ4v) is 3.83. The van der Waals surface area contributed by atoms with E-state index in [0.29, 0.717) is 25.5 Å². The van der Waals surface area contributed by atoms with Crippen LogP contribution >= 0.6 is 0 Å². The van der Waals surface area contributed by atoms with E-state index in [0.717, 1.165) is 38.3 Å². The second kappa shape index (κ2) is 6.84. The molecular weight excluding hydrogens is 320 g/mol. The van der Waals surface area contributed by atoms with Crippen molar-refractivity contribution in [3.63, 3.8) is 0 Å². The van der Waals surface area contributed by atoms with E-state index < -0.39 is 0 Å². The van der Waals surface area contributed by atoms with Crippen LogP contribution in [-0.4, -0.2) is 60.2 Å². The van der Waals surface area contributed by atoms with Crippen LogP contribution in [0.25, 0.3) is 0 Å². The SMILES string of the molecule is O=C(c1ccco1)N1CCCC2(COCCN(c3cnccn3)C2)C1. The Bertz CT molecular complexity index is 706. The van der Waals surface area contributed by atoms with Crippen molar-refractivity contribution in [1.82, 2.24) is 14.9 Å². The van der Waals surface area contributed by atoms with E-state index in [4.69, 9.17) is 9.15 Å². The van der Waals surface area contributed by atoms with Crippen molar-refractivity contribution >= 4 is 11.7 Å². The molecule has 0 aliphatic carbocycles. The summed E-state index contributed by atoms with van der Waals surface area (Å²) in [7, 11) is 0. The van der Waals surface area contributed by atoms with E-state index in [1.165, 1.54) is 6.26 Å². The zero-order chi connectivity index (χ0) is 17.1. The number of ether oxygens (including phenoxy) is 1. The lowest BCUT2D eigenvalue weighted by Gasteiger charge is -2.43. The van der Waals surface area contributed by atoms with Crippen molar-refractivity contribution in [2.75, 3.05) is 44.3 Å². The smallest absolute Gasteiger partial charge is 0.289 e. The Kier molecular flexibility index (Phi) is 4.40. The molecule has 0 N–H and O–H groups in total. The van der Waals surface area contributed by atoms with E-state index in [-0.39, 0.29) is 11.3 Å². The number of piperidine rings is 1. The first-order valence-corrected chi connectivity index (χ1v) is 8.67. The van der Waals surface area contributed by atoms with Crippen molar-refractivity contribution in [1.29, 1.82) is 0 Å². The first-order valence-electron chi connectivity index (χ1n) is 8.67. The van der Waals surface area contributed by atoms with E-state index in [2.05, 4.69) is 14.9 Å². The van der Waals surface area contributed by atoms with Crippen molar-refractivity contribution in [3.8, 4) is 0 Å². The van der Waals surface area contributed by atoms with Gasteiger partial charge in [0.05, 0.1) is 25.7 Å². The van der Waals surface area contributed by atoms with Crippen LogP contribution < -0.4 is 4.90 Å². The predicted molar refractivity (Wildman–Crippen MR) is 91.3 cm³/mol. The van der Waals surface area contributed by atoms with Gasteiger partial charge in [-0.15, -0.1) is 0 Å². The lowest BCUT2D eigenvalue weighted by Crippen LogP contribution is -2.52. The summed E-state index contributed by atoms with van der Waals surface area (Å²) < 4.78 is 11.2. The van der Waals surface area contributed by atoms with E-state index in [1.54, 1.807) is 30.7 Å². The zero-order valence-electron chi connectivity index (χ0n) is 14.1. The fourth-order valence-electron chi connectivity index (χ4n) is 3.83. The minimum atomic E-state index is -0.0888. The topological polar surface area (TPSA) is 71.7 Å². The minimum Gasteiger partial charge on any atom is -0.459 e. The van der Waals surface area contributed by atoms with Crippen LogP contribution in [0.15, 0.2) is 41.4 Å². The molecule has 2 aromatic rings. The van der Waals surface area contributed by atoms with Crippen molar-refractivity contribution in [3.05, 3.63) is 42.7 Å². The molecule has 2 fully saturated rings. The molecule has 1 spiro atoms. The van der Waals surface area contributed by atoms with E-state index in [9.17, 15) is 4.79 Å². The molecule has 0 radical (unpaired) electrons. The first-order chi connectivity index (χ1) is 12.3. The van der Waals surface area contributed by atoms with Crippen molar-refractivity contribution in [2.24, 2.45) is 5.41 Å². The number of carbonyl (C=O) groups is 1. The minimum absolute atomic E-state index is 0.0422. The lowest BCUT2D eigenvalue weighted by atomic mass is 9.80. The van der Waals surface area contributed by atoms with E-state index in [1.807, 2.05) is 4.90 Å². The van der Waals surface area contributed by atoms with Crippen LogP contribution in [0.2, 0.25) is 0 Å². The highest BCUT2D eigenvalue weighted by Gasteiger charge is 2.41. The van der Waals surface area contributed by atoms with Crippen LogP contribution in [0.3, 0.4) is 0 Å². The Morgan fingerprint density at radius 2 is 2.20 bits per heavy atom.